The summed E-state index contributed by atoms with van der Waals surface area (Å²) in [6.07, 6.45) is 4.78. The van der Waals surface area contributed by atoms with Gasteiger partial charge in [-0.05, 0) is 30.0 Å². The van der Waals surface area contributed by atoms with Crippen molar-refractivity contribution in [3.63, 3.8) is 0 Å². The predicted octanol–water partition coefficient (Wildman–Crippen LogP) is 1.89. The van der Waals surface area contributed by atoms with Crippen molar-refractivity contribution in [2.24, 2.45) is 5.41 Å². The molecule has 0 saturated heterocycles. The molecule has 1 aromatic heterocycles. The zero-order valence-corrected chi connectivity index (χ0v) is 10.4. The van der Waals surface area contributed by atoms with Crippen molar-refractivity contribution in [2.45, 2.75) is 19.3 Å². The SMILES string of the molecule is O=C(O)C1(Cc2ncccn2)Cc2ccccc2C1. The maximum absolute atomic E-state index is 11.7. The molecule has 0 amide bonds. The first-order valence-electron chi connectivity index (χ1n) is 6.26. The lowest BCUT2D eigenvalue weighted by Crippen LogP contribution is -2.34. The van der Waals surface area contributed by atoms with Gasteiger partial charge in [0.25, 0.3) is 0 Å². The molecule has 1 N–H and O–H groups in total. The number of hydrogen-bond acceptors (Lipinski definition) is 3. The molecule has 2 aromatic rings. The van der Waals surface area contributed by atoms with Gasteiger partial charge in [0.15, 0.2) is 0 Å². The molecule has 3 rings (SSSR count). The van der Waals surface area contributed by atoms with Crippen LogP contribution in [0.3, 0.4) is 0 Å². The van der Waals surface area contributed by atoms with Crippen LogP contribution in [0.4, 0.5) is 0 Å². The Morgan fingerprint density at radius 1 is 1.11 bits per heavy atom. The van der Waals surface area contributed by atoms with E-state index in [0.717, 1.165) is 11.1 Å². The first kappa shape index (κ1) is 11.8. The number of hydrogen-bond donors (Lipinski definition) is 1. The lowest BCUT2D eigenvalue weighted by molar-refractivity contribution is -0.148. The molecule has 0 atom stereocenters. The number of carboxylic acid groups (broad SMARTS) is 1. The lowest BCUT2D eigenvalue weighted by Gasteiger charge is -2.22. The second kappa shape index (κ2) is 4.46. The highest BCUT2D eigenvalue weighted by Gasteiger charge is 2.44. The predicted molar refractivity (Wildman–Crippen MR) is 69.7 cm³/mol. The van der Waals surface area contributed by atoms with Crippen molar-refractivity contribution in [3.8, 4) is 0 Å². The van der Waals surface area contributed by atoms with Crippen molar-refractivity contribution in [3.05, 3.63) is 59.7 Å². The molecule has 4 heteroatoms. The fourth-order valence-electron chi connectivity index (χ4n) is 2.77. The van der Waals surface area contributed by atoms with Gasteiger partial charge >= 0.3 is 5.97 Å². The minimum Gasteiger partial charge on any atom is -0.481 e. The van der Waals surface area contributed by atoms with E-state index in [1.807, 2.05) is 24.3 Å². The van der Waals surface area contributed by atoms with E-state index in [-0.39, 0.29) is 0 Å². The number of carbonyl (C=O) groups is 1. The first-order valence-corrected chi connectivity index (χ1v) is 6.26. The second-order valence-corrected chi connectivity index (χ2v) is 5.05. The van der Waals surface area contributed by atoms with Gasteiger partial charge in [0.05, 0.1) is 5.41 Å². The molecule has 19 heavy (non-hydrogen) atoms. The van der Waals surface area contributed by atoms with Crippen LogP contribution in [0.2, 0.25) is 0 Å². The summed E-state index contributed by atoms with van der Waals surface area (Å²) in [5, 5.41) is 9.64. The maximum atomic E-state index is 11.7. The summed E-state index contributed by atoms with van der Waals surface area (Å²) in [6, 6.07) is 9.66. The van der Waals surface area contributed by atoms with Gasteiger partial charge < -0.3 is 5.11 Å². The summed E-state index contributed by atoms with van der Waals surface area (Å²) < 4.78 is 0. The van der Waals surface area contributed by atoms with Crippen LogP contribution in [0.5, 0.6) is 0 Å². The van der Waals surface area contributed by atoms with Crippen molar-refractivity contribution in [1.29, 1.82) is 0 Å². The Hall–Kier alpha value is -2.23. The van der Waals surface area contributed by atoms with Gasteiger partial charge in [-0.15, -0.1) is 0 Å². The summed E-state index contributed by atoms with van der Waals surface area (Å²) in [5.41, 5.74) is 1.45. The molecule has 0 spiro atoms. The average Bonchev–Trinajstić information content (AvgIpc) is 2.79. The van der Waals surface area contributed by atoms with Crippen LogP contribution < -0.4 is 0 Å². The molecule has 0 fully saturated rings. The fraction of sp³-hybridized carbons (Fsp3) is 0.267. The molecule has 0 saturated carbocycles. The van der Waals surface area contributed by atoms with E-state index < -0.39 is 11.4 Å². The topological polar surface area (TPSA) is 63.1 Å². The Balaban J connectivity index is 1.93. The van der Waals surface area contributed by atoms with E-state index in [2.05, 4.69) is 9.97 Å². The standard InChI is InChI=1S/C15H14N2O2/c18-14(19)15(10-13-16-6-3-7-17-13)8-11-4-1-2-5-12(11)9-15/h1-7H,8-10H2,(H,18,19). The quantitative estimate of drug-likeness (QED) is 0.908. The molecule has 1 aliphatic rings. The van der Waals surface area contributed by atoms with E-state index in [4.69, 9.17) is 0 Å². The Morgan fingerprint density at radius 2 is 1.68 bits per heavy atom. The van der Waals surface area contributed by atoms with E-state index in [1.165, 1.54) is 0 Å². The summed E-state index contributed by atoms with van der Waals surface area (Å²) in [5.74, 6) is -0.172. The van der Waals surface area contributed by atoms with E-state index in [9.17, 15) is 9.90 Å². The van der Waals surface area contributed by atoms with Crippen LogP contribution in [0.15, 0.2) is 42.7 Å². The Bertz CT molecular complexity index is 586. The van der Waals surface area contributed by atoms with Crippen LogP contribution in [-0.4, -0.2) is 21.0 Å². The highest BCUT2D eigenvalue weighted by Crippen LogP contribution is 2.39. The van der Waals surface area contributed by atoms with Gasteiger partial charge in [0.1, 0.15) is 5.82 Å². The van der Waals surface area contributed by atoms with Crippen molar-refractivity contribution in [1.82, 2.24) is 9.97 Å². The largest absolute Gasteiger partial charge is 0.481 e. The molecule has 0 aliphatic heterocycles. The lowest BCUT2D eigenvalue weighted by atomic mass is 9.81. The highest BCUT2D eigenvalue weighted by molar-refractivity contribution is 5.77. The van der Waals surface area contributed by atoms with Crippen LogP contribution in [0, 0.1) is 5.41 Å². The van der Waals surface area contributed by atoms with Gasteiger partial charge in [-0.25, -0.2) is 9.97 Å². The van der Waals surface area contributed by atoms with E-state index >= 15 is 0 Å². The van der Waals surface area contributed by atoms with Crippen LogP contribution >= 0.6 is 0 Å². The summed E-state index contributed by atoms with van der Waals surface area (Å²) in [4.78, 5) is 20.1. The van der Waals surface area contributed by atoms with Gasteiger partial charge in [0.2, 0.25) is 0 Å². The average molecular weight is 254 g/mol. The van der Waals surface area contributed by atoms with Gasteiger partial charge in [-0.3, -0.25) is 4.79 Å². The van der Waals surface area contributed by atoms with Gasteiger partial charge in [-0.1, -0.05) is 24.3 Å². The fourth-order valence-corrected chi connectivity index (χ4v) is 2.77. The normalized spacial score (nSPS) is 16.0. The molecule has 96 valence electrons. The number of rotatable bonds is 3. The number of fused-ring (bicyclic) bond motifs is 1. The third-order valence-corrected chi connectivity index (χ3v) is 3.75. The summed E-state index contributed by atoms with van der Waals surface area (Å²) in [6.45, 7) is 0. The van der Waals surface area contributed by atoms with Crippen LogP contribution in [0.25, 0.3) is 0 Å². The highest BCUT2D eigenvalue weighted by atomic mass is 16.4. The van der Waals surface area contributed by atoms with E-state index in [1.54, 1.807) is 18.5 Å². The minimum absolute atomic E-state index is 0.373. The Morgan fingerprint density at radius 3 is 2.21 bits per heavy atom. The number of aromatic nitrogens is 2. The maximum Gasteiger partial charge on any atom is 0.310 e. The smallest absolute Gasteiger partial charge is 0.310 e. The summed E-state index contributed by atoms with van der Waals surface area (Å²) >= 11 is 0. The van der Waals surface area contributed by atoms with Crippen molar-refractivity contribution in [2.75, 3.05) is 0 Å². The molecule has 4 nitrogen and oxygen atoms in total. The monoisotopic (exact) mass is 254 g/mol. The molecule has 1 aliphatic carbocycles. The van der Waals surface area contributed by atoms with Gasteiger partial charge in [0, 0.05) is 18.8 Å². The Labute approximate surface area is 111 Å². The number of benzene rings is 1. The molecular weight excluding hydrogens is 240 g/mol. The Kier molecular flexibility index (Phi) is 2.78. The van der Waals surface area contributed by atoms with Crippen LogP contribution in [0.1, 0.15) is 17.0 Å². The molecule has 0 unspecified atom stereocenters. The molecule has 0 radical (unpaired) electrons. The number of aliphatic carboxylic acids is 1. The zero-order chi connectivity index (χ0) is 13.3. The van der Waals surface area contributed by atoms with Crippen LogP contribution in [-0.2, 0) is 24.1 Å². The number of nitrogens with zero attached hydrogens (tertiary/aromatic N) is 2. The molecular formula is C15H14N2O2. The van der Waals surface area contributed by atoms with Crippen molar-refractivity contribution >= 4 is 5.97 Å². The molecule has 0 bridgehead atoms. The third-order valence-electron chi connectivity index (χ3n) is 3.75. The van der Waals surface area contributed by atoms with Gasteiger partial charge in [-0.2, -0.15) is 0 Å². The summed E-state index contributed by atoms with van der Waals surface area (Å²) in [7, 11) is 0. The second-order valence-electron chi connectivity index (χ2n) is 5.05. The van der Waals surface area contributed by atoms with Crippen molar-refractivity contribution < 1.29 is 9.90 Å². The minimum atomic E-state index is -0.801. The third kappa shape index (κ3) is 2.10. The molecule has 1 heterocycles. The molecule has 1 aromatic carbocycles. The number of carboxylic acids is 1. The van der Waals surface area contributed by atoms with E-state index in [0.29, 0.717) is 25.1 Å². The first-order chi connectivity index (χ1) is 9.20. The zero-order valence-electron chi connectivity index (χ0n) is 10.4.